The Morgan fingerprint density at radius 3 is 2.78 bits per heavy atom. The summed E-state index contributed by atoms with van der Waals surface area (Å²) >= 11 is 0. The van der Waals surface area contributed by atoms with Crippen molar-refractivity contribution in [1.82, 2.24) is 5.32 Å². The SMILES string of the molecule is COc1cccc(N2C[C@@H](NC(=O)N3c4ccccc4C[C@@H]3C)CC2=O)c1. The molecule has 2 atom stereocenters. The number of carbonyl (C=O) groups is 2. The molecule has 1 N–H and O–H groups in total. The molecule has 0 unspecified atom stereocenters. The van der Waals surface area contributed by atoms with Crippen LogP contribution in [0.25, 0.3) is 0 Å². The maximum absolute atomic E-state index is 12.9. The molecule has 2 heterocycles. The smallest absolute Gasteiger partial charge is 0.322 e. The Kier molecular flexibility index (Phi) is 4.48. The lowest BCUT2D eigenvalue weighted by molar-refractivity contribution is -0.117. The van der Waals surface area contributed by atoms with Crippen LogP contribution >= 0.6 is 0 Å². The van der Waals surface area contributed by atoms with Crippen molar-refractivity contribution >= 4 is 23.3 Å². The van der Waals surface area contributed by atoms with Gasteiger partial charge < -0.3 is 15.0 Å². The molecule has 0 aliphatic carbocycles. The molecule has 6 heteroatoms. The van der Waals surface area contributed by atoms with Gasteiger partial charge in [-0.3, -0.25) is 9.69 Å². The summed E-state index contributed by atoms with van der Waals surface area (Å²) < 4.78 is 5.24. The van der Waals surface area contributed by atoms with Gasteiger partial charge in [-0.15, -0.1) is 0 Å². The summed E-state index contributed by atoms with van der Waals surface area (Å²) in [6.07, 6.45) is 1.15. The van der Waals surface area contributed by atoms with Gasteiger partial charge in [0.2, 0.25) is 5.91 Å². The number of para-hydroxylation sites is 1. The van der Waals surface area contributed by atoms with Gasteiger partial charge in [0.15, 0.2) is 0 Å². The average Bonchev–Trinajstić information content (AvgIpc) is 3.20. The molecule has 2 aromatic rings. The maximum atomic E-state index is 12.9. The van der Waals surface area contributed by atoms with E-state index in [0.717, 1.165) is 17.8 Å². The van der Waals surface area contributed by atoms with E-state index in [4.69, 9.17) is 4.74 Å². The summed E-state index contributed by atoms with van der Waals surface area (Å²) in [4.78, 5) is 28.9. The van der Waals surface area contributed by atoms with E-state index in [1.807, 2.05) is 49.4 Å². The van der Waals surface area contributed by atoms with Gasteiger partial charge in [-0.1, -0.05) is 24.3 Å². The van der Waals surface area contributed by atoms with Crippen molar-refractivity contribution in [1.29, 1.82) is 0 Å². The van der Waals surface area contributed by atoms with E-state index in [2.05, 4.69) is 11.4 Å². The Bertz CT molecular complexity index is 882. The molecule has 140 valence electrons. The Balaban J connectivity index is 1.46. The number of urea groups is 1. The van der Waals surface area contributed by atoms with Crippen LogP contribution in [0.3, 0.4) is 0 Å². The minimum absolute atomic E-state index is 0.00317. The molecule has 2 aliphatic rings. The second-order valence-electron chi connectivity index (χ2n) is 7.11. The van der Waals surface area contributed by atoms with E-state index < -0.39 is 0 Å². The Hall–Kier alpha value is -3.02. The first-order valence-electron chi connectivity index (χ1n) is 9.19. The summed E-state index contributed by atoms with van der Waals surface area (Å²) in [6.45, 7) is 2.50. The van der Waals surface area contributed by atoms with Crippen molar-refractivity contribution in [2.45, 2.75) is 31.8 Å². The molecule has 2 aromatic carbocycles. The number of methoxy groups -OCH3 is 1. The highest BCUT2D eigenvalue weighted by atomic mass is 16.5. The molecule has 0 bridgehead atoms. The van der Waals surface area contributed by atoms with E-state index in [0.29, 0.717) is 18.7 Å². The fourth-order valence-corrected chi connectivity index (χ4v) is 3.95. The number of carbonyl (C=O) groups excluding carboxylic acids is 2. The summed E-state index contributed by atoms with van der Waals surface area (Å²) in [5, 5.41) is 3.04. The lowest BCUT2D eigenvalue weighted by atomic mass is 10.1. The van der Waals surface area contributed by atoms with Crippen molar-refractivity contribution < 1.29 is 14.3 Å². The fourth-order valence-electron chi connectivity index (χ4n) is 3.95. The van der Waals surface area contributed by atoms with Crippen LogP contribution in [0.2, 0.25) is 0 Å². The molecule has 0 saturated carbocycles. The van der Waals surface area contributed by atoms with Gasteiger partial charge in [0.05, 0.1) is 13.2 Å². The molecular weight excluding hydrogens is 342 g/mol. The van der Waals surface area contributed by atoms with Gasteiger partial charge in [-0.25, -0.2) is 4.79 Å². The molecule has 2 aliphatic heterocycles. The van der Waals surface area contributed by atoms with Gasteiger partial charge >= 0.3 is 6.03 Å². The lowest BCUT2D eigenvalue weighted by Crippen LogP contribution is -2.48. The third-order valence-electron chi connectivity index (χ3n) is 5.24. The number of fused-ring (bicyclic) bond motifs is 1. The molecule has 0 radical (unpaired) electrons. The predicted octanol–water partition coefficient (Wildman–Crippen LogP) is 2.96. The van der Waals surface area contributed by atoms with E-state index >= 15 is 0 Å². The van der Waals surface area contributed by atoms with E-state index in [1.54, 1.807) is 16.9 Å². The van der Waals surface area contributed by atoms with Gasteiger partial charge in [0, 0.05) is 36.4 Å². The number of ether oxygens (including phenoxy) is 1. The van der Waals surface area contributed by atoms with Crippen LogP contribution in [-0.4, -0.2) is 37.7 Å². The third-order valence-corrected chi connectivity index (χ3v) is 5.24. The molecule has 1 saturated heterocycles. The second-order valence-corrected chi connectivity index (χ2v) is 7.11. The minimum atomic E-state index is -0.212. The quantitative estimate of drug-likeness (QED) is 0.910. The number of amides is 3. The first-order valence-corrected chi connectivity index (χ1v) is 9.19. The zero-order valence-corrected chi connectivity index (χ0v) is 15.5. The van der Waals surface area contributed by atoms with Crippen molar-refractivity contribution in [3.63, 3.8) is 0 Å². The highest BCUT2D eigenvalue weighted by Crippen LogP contribution is 2.32. The van der Waals surface area contributed by atoms with Crippen LogP contribution in [0.4, 0.5) is 16.2 Å². The number of rotatable bonds is 3. The zero-order chi connectivity index (χ0) is 19.0. The standard InChI is InChI=1S/C21H23N3O3/c1-14-10-15-6-3-4-9-19(15)24(14)21(26)22-16-11-20(25)23(13-16)17-7-5-8-18(12-17)27-2/h3-9,12,14,16H,10-11,13H2,1-2H3,(H,22,26)/t14-,16-/m0/s1. The first kappa shape index (κ1) is 17.4. The van der Waals surface area contributed by atoms with Crippen LogP contribution in [0, 0.1) is 0 Å². The topological polar surface area (TPSA) is 61.9 Å². The number of nitrogens with zero attached hydrogens (tertiary/aromatic N) is 2. The van der Waals surface area contributed by atoms with Gasteiger partial charge in [-0.2, -0.15) is 0 Å². The highest BCUT2D eigenvalue weighted by Gasteiger charge is 2.36. The number of hydrogen-bond donors (Lipinski definition) is 1. The Morgan fingerprint density at radius 2 is 1.96 bits per heavy atom. The number of anilines is 2. The van der Waals surface area contributed by atoms with E-state index in [1.165, 1.54) is 5.56 Å². The van der Waals surface area contributed by atoms with Gasteiger partial charge in [0.1, 0.15) is 5.75 Å². The monoisotopic (exact) mass is 365 g/mol. The van der Waals surface area contributed by atoms with Gasteiger partial charge in [0.25, 0.3) is 0 Å². The lowest BCUT2D eigenvalue weighted by Gasteiger charge is -2.25. The van der Waals surface area contributed by atoms with Crippen LogP contribution in [0.1, 0.15) is 18.9 Å². The largest absolute Gasteiger partial charge is 0.497 e. The molecule has 4 rings (SSSR count). The average molecular weight is 365 g/mol. The first-order chi connectivity index (χ1) is 13.1. The summed E-state index contributed by atoms with van der Waals surface area (Å²) in [6, 6.07) is 15.1. The molecule has 6 nitrogen and oxygen atoms in total. The van der Waals surface area contributed by atoms with E-state index in [-0.39, 0.29) is 24.0 Å². The fraction of sp³-hybridized carbons (Fsp3) is 0.333. The molecule has 0 spiro atoms. The molecule has 27 heavy (non-hydrogen) atoms. The normalized spacial score (nSPS) is 21.3. The Morgan fingerprint density at radius 1 is 1.15 bits per heavy atom. The van der Waals surface area contributed by atoms with Gasteiger partial charge in [-0.05, 0) is 37.1 Å². The van der Waals surface area contributed by atoms with Crippen molar-refractivity contribution in [2.75, 3.05) is 23.5 Å². The second kappa shape index (κ2) is 6.95. The number of hydrogen-bond acceptors (Lipinski definition) is 3. The Labute approximate surface area is 158 Å². The van der Waals surface area contributed by atoms with Crippen LogP contribution in [-0.2, 0) is 11.2 Å². The van der Waals surface area contributed by atoms with E-state index in [9.17, 15) is 9.59 Å². The molecule has 3 amide bonds. The number of benzene rings is 2. The van der Waals surface area contributed by atoms with Crippen molar-refractivity contribution in [2.24, 2.45) is 0 Å². The van der Waals surface area contributed by atoms with Crippen LogP contribution in [0.15, 0.2) is 48.5 Å². The molecular formula is C21H23N3O3. The summed E-state index contributed by atoms with van der Waals surface area (Å²) in [5.41, 5.74) is 2.92. The third kappa shape index (κ3) is 3.23. The maximum Gasteiger partial charge on any atom is 0.322 e. The van der Waals surface area contributed by atoms with Crippen molar-refractivity contribution in [3.05, 3.63) is 54.1 Å². The predicted molar refractivity (Wildman–Crippen MR) is 104 cm³/mol. The zero-order valence-electron chi connectivity index (χ0n) is 15.5. The summed E-state index contributed by atoms with van der Waals surface area (Å²) in [5.74, 6) is 0.707. The van der Waals surface area contributed by atoms with Crippen LogP contribution < -0.4 is 19.9 Å². The molecule has 1 fully saturated rings. The highest BCUT2D eigenvalue weighted by molar-refractivity contribution is 5.99. The number of nitrogens with one attached hydrogen (secondary N) is 1. The minimum Gasteiger partial charge on any atom is -0.497 e. The van der Waals surface area contributed by atoms with Crippen LogP contribution in [0.5, 0.6) is 5.75 Å². The molecule has 0 aromatic heterocycles. The van der Waals surface area contributed by atoms with Crippen molar-refractivity contribution in [3.8, 4) is 5.75 Å². The summed E-state index contributed by atoms with van der Waals surface area (Å²) in [7, 11) is 1.60.